The molecule has 3 heterocycles. The summed E-state index contributed by atoms with van der Waals surface area (Å²) in [5.74, 6) is 0.977. The Morgan fingerprint density at radius 1 is 1.12 bits per heavy atom. The summed E-state index contributed by atoms with van der Waals surface area (Å²) in [5.41, 5.74) is 0.984. The summed E-state index contributed by atoms with van der Waals surface area (Å²) in [6, 6.07) is 11.8. The van der Waals surface area contributed by atoms with Crippen LogP contribution in [-0.2, 0) is 4.79 Å². The first-order valence-electron chi connectivity index (χ1n) is 8.48. The molecule has 0 unspecified atom stereocenters. The average molecular weight is 328 g/mol. The Balaban J connectivity index is 1.40. The van der Waals surface area contributed by atoms with E-state index in [1.807, 2.05) is 29.2 Å². The third-order valence-corrected chi connectivity index (χ3v) is 4.87. The number of nitrogens with zero attached hydrogens (tertiary/aromatic N) is 3. The molecule has 1 N–H and O–H groups in total. The molecule has 2 aliphatic heterocycles. The highest BCUT2D eigenvalue weighted by Gasteiger charge is 2.33. The van der Waals surface area contributed by atoms with E-state index in [-0.39, 0.29) is 18.5 Å². The largest absolute Gasteiger partial charge is 0.353 e. The Hall–Kier alpha value is -2.21. The van der Waals surface area contributed by atoms with Crippen molar-refractivity contribution in [1.82, 2.24) is 15.2 Å². The van der Waals surface area contributed by atoms with Crippen LogP contribution in [0, 0.1) is 0 Å². The van der Waals surface area contributed by atoms with Gasteiger partial charge >= 0.3 is 0 Å². The lowest BCUT2D eigenvalue weighted by Gasteiger charge is -2.36. The molecule has 5 nitrogen and oxygen atoms in total. The molecule has 0 bridgehead atoms. The van der Waals surface area contributed by atoms with Crippen LogP contribution < -0.4 is 10.2 Å². The average Bonchev–Trinajstić information content (AvgIpc) is 3.07. The predicted octanol–water partition coefficient (Wildman–Crippen LogP) is 1.58. The van der Waals surface area contributed by atoms with Gasteiger partial charge in [0, 0.05) is 44.5 Å². The second kappa shape index (κ2) is 6.36. The maximum Gasteiger partial charge on any atom is 0.239 e. The van der Waals surface area contributed by atoms with Crippen LogP contribution in [0.1, 0.15) is 6.42 Å². The summed E-state index contributed by atoms with van der Waals surface area (Å²) in [6.45, 7) is 3.11. The highest BCUT2D eigenvalue weighted by Crippen LogP contribution is 2.20. The molecule has 24 heavy (non-hydrogen) atoms. The van der Waals surface area contributed by atoms with Crippen molar-refractivity contribution >= 4 is 22.6 Å². The van der Waals surface area contributed by atoms with E-state index < -0.39 is 6.17 Å². The minimum absolute atomic E-state index is 0.0290. The summed E-state index contributed by atoms with van der Waals surface area (Å²) in [5, 5.41) is 4.10. The third kappa shape index (κ3) is 2.94. The lowest BCUT2D eigenvalue weighted by molar-refractivity contribution is -0.133. The van der Waals surface area contributed by atoms with E-state index in [0.717, 1.165) is 29.8 Å². The quantitative estimate of drug-likeness (QED) is 0.909. The molecule has 2 fully saturated rings. The number of pyridine rings is 1. The molecule has 4 rings (SSSR count). The SMILES string of the molecule is O=C([C@H]1C[C@H](F)CN1)N1CCN(c2ccc3ccccc3n2)CC1. The molecule has 1 amide bonds. The summed E-state index contributed by atoms with van der Waals surface area (Å²) in [4.78, 5) is 21.2. The number of nitrogens with one attached hydrogen (secondary N) is 1. The molecule has 0 spiro atoms. The number of hydrogen-bond acceptors (Lipinski definition) is 4. The van der Waals surface area contributed by atoms with Crippen LogP contribution in [0.25, 0.3) is 10.9 Å². The molecule has 2 atom stereocenters. The van der Waals surface area contributed by atoms with Gasteiger partial charge in [-0.2, -0.15) is 0 Å². The van der Waals surface area contributed by atoms with Gasteiger partial charge in [-0.3, -0.25) is 4.79 Å². The minimum atomic E-state index is -0.901. The van der Waals surface area contributed by atoms with E-state index in [1.54, 1.807) is 0 Å². The first-order valence-corrected chi connectivity index (χ1v) is 8.48. The number of carbonyl (C=O) groups excluding carboxylic acids is 1. The van der Waals surface area contributed by atoms with Crippen LogP contribution in [-0.4, -0.2) is 60.7 Å². The van der Waals surface area contributed by atoms with Gasteiger partial charge in [-0.15, -0.1) is 0 Å². The number of alkyl halides is 1. The van der Waals surface area contributed by atoms with Gasteiger partial charge in [0.1, 0.15) is 12.0 Å². The Morgan fingerprint density at radius 3 is 2.67 bits per heavy atom. The first-order chi connectivity index (χ1) is 11.7. The number of carbonyl (C=O) groups is 1. The van der Waals surface area contributed by atoms with Gasteiger partial charge in [0.15, 0.2) is 0 Å². The highest BCUT2D eigenvalue weighted by atomic mass is 19.1. The number of fused-ring (bicyclic) bond motifs is 1. The zero-order valence-corrected chi connectivity index (χ0v) is 13.5. The lowest BCUT2D eigenvalue weighted by Crippen LogP contribution is -2.53. The number of rotatable bonds is 2. The summed E-state index contributed by atoms with van der Waals surface area (Å²) in [7, 11) is 0. The monoisotopic (exact) mass is 328 g/mol. The summed E-state index contributed by atoms with van der Waals surface area (Å²) >= 11 is 0. The molecule has 2 aliphatic rings. The summed E-state index contributed by atoms with van der Waals surface area (Å²) in [6.07, 6.45) is -0.604. The van der Waals surface area contributed by atoms with Crippen LogP contribution in [0.15, 0.2) is 36.4 Å². The molecule has 1 aromatic carbocycles. The van der Waals surface area contributed by atoms with E-state index in [2.05, 4.69) is 22.3 Å². The van der Waals surface area contributed by atoms with Crippen molar-refractivity contribution in [2.24, 2.45) is 0 Å². The molecule has 0 aliphatic carbocycles. The molecule has 126 valence electrons. The number of aromatic nitrogens is 1. The second-order valence-corrected chi connectivity index (χ2v) is 6.47. The van der Waals surface area contributed by atoms with Crippen molar-refractivity contribution in [3.63, 3.8) is 0 Å². The molecule has 0 saturated carbocycles. The number of piperazine rings is 1. The van der Waals surface area contributed by atoms with Gasteiger partial charge in [0.25, 0.3) is 0 Å². The maximum atomic E-state index is 13.3. The van der Waals surface area contributed by atoms with E-state index in [1.165, 1.54) is 0 Å². The fraction of sp³-hybridized carbons (Fsp3) is 0.444. The molecule has 1 aromatic heterocycles. The van der Waals surface area contributed by atoms with E-state index in [4.69, 9.17) is 4.98 Å². The van der Waals surface area contributed by atoms with Gasteiger partial charge in [-0.1, -0.05) is 18.2 Å². The standard InChI is InChI=1S/C18H21FN4O/c19-14-11-16(20-12-14)18(24)23-9-7-22(8-10-23)17-6-5-13-3-1-2-4-15(13)21-17/h1-6,14,16,20H,7-12H2/t14-,16+/m0/s1. The Labute approximate surface area is 140 Å². The minimum Gasteiger partial charge on any atom is -0.353 e. The first kappa shape index (κ1) is 15.3. The number of anilines is 1. The Morgan fingerprint density at radius 2 is 1.92 bits per heavy atom. The summed E-state index contributed by atoms with van der Waals surface area (Å²) < 4.78 is 13.3. The predicted molar refractivity (Wildman–Crippen MR) is 91.8 cm³/mol. The van der Waals surface area contributed by atoms with Gasteiger partial charge in [-0.05, 0) is 18.2 Å². The van der Waals surface area contributed by atoms with Crippen LogP contribution in [0.5, 0.6) is 0 Å². The van der Waals surface area contributed by atoms with E-state index in [0.29, 0.717) is 19.5 Å². The van der Waals surface area contributed by atoms with Crippen molar-refractivity contribution < 1.29 is 9.18 Å². The fourth-order valence-electron chi connectivity index (χ4n) is 3.49. The van der Waals surface area contributed by atoms with Crippen molar-refractivity contribution in [2.45, 2.75) is 18.6 Å². The van der Waals surface area contributed by atoms with Crippen molar-refractivity contribution in [1.29, 1.82) is 0 Å². The van der Waals surface area contributed by atoms with Crippen LogP contribution in [0.4, 0.5) is 10.2 Å². The molecular weight excluding hydrogens is 307 g/mol. The second-order valence-electron chi connectivity index (χ2n) is 6.47. The lowest BCUT2D eigenvalue weighted by atomic mass is 10.1. The molecule has 2 saturated heterocycles. The molecule has 6 heteroatoms. The van der Waals surface area contributed by atoms with Gasteiger partial charge in [0.2, 0.25) is 5.91 Å². The molecule has 0 radical (unpaired) electrons. The van der Waals surface area contributed by atoms with Crippen LogP contribution in [0.3, 0.4) is 0 Å². The smallest absolute Gasteiger partial charge is 0.239 e. The van der Waals surface area contributed by atoms with Gasteiger partial charge in [-0.25, -0.2) is 9.37 Å². The van der Waals surface area contributed by atoms with E-state index in [9.17, 15) is 9.18 Å². The molecule has 2 aromatic rings. The number of amides is 1. The Bertz CT molecular complexity index is 745. The van der Waals surface area contributed by atoms with E-state index >= 15 is 0 Å². The normalized spacial score (nSPS) is 24.5. The number of para-hydroxylation sites is 1. The van der Waals surface area contributed by atoms with Crippen molar-refractivity contribution in [3.8, 4) is 0 Å². The number of benzene rings is 1. The zero-order chi connectivity index (χ0) is 16.5. The number of halogens is 1. The van der Waals surface area contributed by atoms with Crippen molar-refractivity contribution in [3.05, 3.63) is 36.4 Å². The van der Waals surface area contributed by atoms with Gasteiger partial charge in [0.05, 0.1) is 11.6 Å². The maximum absolute atomic E-state index is 13.3. The highest BCUT2D eigenvalue weighted by molar-refractivity contribution is 5.83. The zero-order valence-electron chi connectivity index (χ0n) is 13.5. The van der Waals surface area contributed by atoms with Crippen molar-refractivity contribution in [2.75, 3.05) is 37.6 Å². The fourth-order valence-corrected chi connectivity index (χ4v) is 3.49. The molecular formula is C18H21FN4O. The Kier molecular flexibility index (Phi) is 4.06. The number of hydrogen-bond donors (Lipinski definition) is 1. The third-order valence-electron chi connectivity index (χ3n) is 4.87. The van der Waals surface area contributed by atoms with Crippen LogP contribution >= 0.6 is 0 Å². The topological polar surface area (TPSA) is 48.5 Å². The van der Waals surface area contributed by atoms with Gasteiger partial charge < -0.3 is 15.1 Å². The van der Waals surface area contributed by atoms with Crippen LogP contribution in [0.2, 0.25) is 0 Å².